The van der Waals surface area contributed by atoms with Gasteiger partial charge < -0.3 is 10.2 Å². The Kier molecular flexibility index (Phi) is 2.03. The van der Waals surface area contributed by atoms with Gasteiger partial charge in [-0.2, -0.15) is 0 Å². The molecule has 1 spiro atoms. The maximum Gasteiger partial charge on any atom is 0.0967 e. The fraction of sp³-hybridized carbons (Fsp3) is 0.882. The van der Waals surface area contributed by atoms with Crippen molar-refractivity contribution in [2.75, 3.05) is 0 Å². The predicted molar refractivity (Wildman–Crippen MR) is 74.6 cm³/mol. The van der Waals surface area contributed by atoms with Crippen LogP contribution in [0.15, 0.2) is 11.1 Å². The Morgan fingerprint density at radius 3 is 2.58 bits per heavy atom. The second-order valence-electron chi connectivity index (χ2n) is 8.15. The summed E-state index contributed by atoms with van der Waals surface area (Å²) in [5.74, 6) is 0. The molecule has 4 bridgehead atoms. The summed E-state index contributed by atoms with van der Waals surface area (Å²) in [5, 5.41) is 21.9. The number of rotatable bonds is 0. The molecule has 4 rings (SSSR count). The van der Waals surface area contributed by atoms with Gasteiger partial charge in [0.2, 0.25) is 0 Å². The summed E-state index contributed by atoms with van der Waals surface area (Å²) in [5.41, 5.74) is 2.58. The van der Waals surface area contributed by atoms with E-state index in [1.807, 2.05) is 0 Å². The Morgan fingerprint density at radius 1 is 1.16 bits per heavy atom. The molecule has 0 aliphatic heterocycles. The fourth-order valence-electron chi connectivity index (χ4n) is 7.10. The zero-order chi connectivity index (χ0) is 13.7. The van der Waals surface area contributed by atoms with Crippen LogP contribution in [-0.4, -0.2) is 21.9 Å². The molecule has 0 heterocycles. The van der Waals surface area contributed by atoms with E-state index in [1.54, 1.807) is 5.57 Å². The van der Waals surface area contributed by atoms with Crippen molar-refractivity contribution >= 4 is 0 Å². The van der Waals surface area contributed by atoms with Crippen LogP contribution in [0, 0.1) is 16.2 Å². The average molecular weight is 262 g/mol. The second-order valence-corrected chi connectivity index (χ2v) is 8.15. The van der Waals surface area contributed by atoms with Crippen molar-refractivity contribution in [3.05, 3.63) is 11.1 Å². The molecule has 5 atom stereocenters. The van der Waals surface area contributed by atoms with E-state index < -0.39 is 11.7 Å². The van der Waals surface area contributed by atoms with Crippen LogP contribution >= 0.6 is 0 Å². The van der Waals surface area contributed by atoms with Crippen LogP contribution in [0.5, 0.6) is 0 Å². The zero-order valence-electron chi connectivity index (χ0n) is 12.4. The molecule has 0 aromatic carbocycles. The summed E-state index contributed by atoms with van der Waals surface area (Å²) in [6, 6.07) is 0. The molecular formula is C17H26O2. The summed E-state index contributed by atoms with van der Waals surface area (Å²) in [6.07, 6.45) is 6.99. The van der Waals surface area contributed by atoms with Crippen LogP contribution in [-0.2, 0) is 0 Å². The van der Waals surface area contributed by atoms with Gasteiger partial charge in [0.15, 0.2) is 0 Å². The minimum absolute atomic E-state index is 0.0965. The lowest BCUT2D eigenvalue weighted by Crippen LogP contribution is -2.61. The molecule has 4 fully saturated rings. The van der Waals surface area contributed by atoms with Crippen molar-refractivity contribution in [1.82, 2.24) is 0 Å². The van der Waals surface area contributed by atoms with Crippen molar-refractivity contribution in [2.45, 2.75) is 77.4 Å². The van der Waals surface area contributed by atoms with Gasteiger partial charge in [-0.05, 0) is 57.8 Å². The molecule has 0 radical (unpaired) electrons. The number of aliphatic hydroxyl groups excluding tert-OH is 1. The molecule has 0 aromatic rings. The molecule has 2 heteroatoms. The number of allylic oxidation sites excluding steroid dienone is 2. The normalized spacial score (nSPS) is 58.6. The third-order valence-electron chi connectivity index (χ3n) is 7.87. The van der Waals surface area contributed by atoms with Gasteiger partial charge in [0, 0.05) is 10.8 Å². The highest BCUT2D eigenvalue weighted by atomic mass is 16.3. The van der Waals surface area contributed by atoms with E-state index in [0.29, 0.717) is 0 Å². The minimum atomic E-state index is -0.835. The van der Waals surface area contributed by atoms with E-state index in [9.17, 15) is 10.2 Å². The lowest BCUT2D eigenvalue weighted by atomic mass is 9.50. The highest BCUT2D eigenvalue weighted by Crippen LogP contribution is 2.85. The van der Waals surface area contributed by atoms with E-state index in [0.717, 1.165) is 25.7 Å². The van der Waals surface area contributed by atoms with Gasteiger partial charge in [-0.1, -0.05) is 24.5 Å². The molecular weight excluding hydrogens is 236 g/mol. The van der Waals surface area contributed by atoms with E-state index in [4.69, 9.17) is 0 Å². The topological polar surface area (TPSA) is 40.5 Å². The van der Waals surface area contributed by atoms with E-state index in [1.165, 1.54) is 24.8 Å². The van der Waals surface area contributed by atoms with Crippen LogP contribution in [0.4, 0.5) is 0 Å². The van der Waals surface area contributed by atoms with E-state index in [2.05, 4.69) is 20.8 Å². The molecule has 2 nitrogen and oxygen atoms in total. The van der Waals surface area contributed by atoms with E-state index >= 15 is 0 Å². The van der Waals surface area contributed by atoms with Gasteiger partial charge in [0.25, 0.3) is 0 Å². The maximum absolute atomic E-state index is 11.2. The monoisotopic (exact) mass is 262 g/mol. The molecule has 106 valence electrons. The highest BCUT2D eigenvalue weighted by Gasteiger charge is 2.82. The van der Waals surface area contributed by atoms with Crippen molar-refractivity contribution in [2.24, 2.45) is 16.2 Å². The van der Waals surface area contributed by atoms with Crippen molar-refractivity contribution in [3.8, 4) is 0 Å². The lowest BCUT2D eigenvalue weighted by molar-refractivity contribution is -0.200. The molecule has 4 saturated carbocycles. The Hall–Kier alpha value is -0.340. The Labute approximate surface area is 115 Å². The summed E-state index contributed by atoms with van der Waals surface area (Å²) in [6.45, 7) is 6.73. The quantitative estimate of drug-likeness (QED) is 0.658. The number of hydrogen-bond donors (Lipinski definition) is 2. The van der Waals surface area contributed by atoms with Crippen LogP contribution in [0.25, 0.3) is 0 Å². The Morgan fingerprint density at radius 2 is 1.89 bits per heavy atom. The first-order chi connectivity index (χ1) is 8.83. The van der Waals surface area contributed by atoms with Crippen LogP contribution in [0.2, 0.25) is 0 Å². The van der Waals surface area contributed by atoms with Crippen LogP contribution in [0.3, 0.4) is 0 Å². The SMILES string of the molecule is CC(C)=C1C[C@]2(C)[C@]34CCC[C@]13C[C@@H](O)[C@@]2(O)CC4. The van der Waals surface area contributed by atoms with Crippen molar-refractivity contribution in [3.63, 3.8) is 0 Å². The molecule has 0 saturated heterocycles. The van der Waals surface area contributed by atoms with Crippen molar-refractivity contribution in [1.29, 1.82) is 0 Å². The van der Waals surface area contributed by atoms with Crippen LogP contribution in [0.1, 0.15) is 65.7 Å². The molecule has 0 unspecified atom stereocenters. The smallest absolute Gasteiger partial charge is 0.0967 e. The van der Waals surface area contributed by atoms with Crippen molar-refractivity contribution < 1.29 is 10.2 Å². The van der Waals surface area contributed by atoms with Gasteiger partial charge in [-0.3, -0.25) is 0 Å². The third-order valence-corrected chi connectivity index (χ3v) is 7.87. The third kappa shape index (κ3) is 0.946. The number of hydrogen-bond acceptors (Lipinski definition) is 2. The zero-order valence-corrected chi connectivity index (χ0v) is 12.4. The first kappa shape index (κ1) is 12.4. The average Bonchev–Trinajstić information content (AvgIpc) is 2.83. The Balaban J connectivity index is 2.04. The fourth-order valence-corrected chi connectivity index (χ4v) is 7.10. The van der Waals surface area contributed by atoms with Crippen LogP contribution < -0.4 is 0 Å². The summed E-state index contributed by atoms with van der Waals surface area (Å²) in [4.78, 5) is 0. The molecule has 0 aromatic heterocycles. The molecule has 4 aliphatic rings. The summed E-state index contributed by atoms with van der Waals surface area (Å²) >= 11 is 0. The van der Waals surface area contributed by atoms with Gasteiger partial charge in [-0.15, -0.1) is 0 Å². The second kappa shape index (κ2) is 3.12. The minimum Gasteiger partial charge on any atom is -0.390 e. The summed E-state index contributed by atoms with van der Waals surface area (Å²) < 4.78 is 0. The summed E-state index contributed by atoms with van der Waals surface area (Å²) in [7, 11) is 0. The maximum atomic E-state index is 11.2. The Bertz CT molecular complexity index is 491. The van der Waals surface area contributed by atoms with E-state index in [-0.39, 0.29) is 16.2 Å². The molecule has 2 N–H and O–H groups in total. The first-order valence-electron chi connectivity index (χ1n) is 7.90. The first-order valence-corrected chi connectivity index (χ1v) is 7.90. The molecule has 19 heavy (non-hydrogen) atoms. The van der Waals surface area contributed by atoms with Gasteiger partial charge in [0.1, 0.15) is 0 Å². The molecule has 0 amide bonds. The predicted octanol–water partition coefficient (Wildman–Crippen LogP) is 3.18. The largest absolute Gasteiger partial charge is 0.390 e. The standard InChI is InChI=1S/C17H26O2/c1-11(2)12-9-14(3)16-6-4-5-15(12,16)10-13(18)17(14,19)8-7-16/h13,18-19H,4-10H2,1-3H3/t13-,14-,15+,16-,17+/m1/s1. The number of aliphatic hydroxyl groups is 2. The lowest BCUT2D eigenvalue weighted by Gasteiger charge is -2.56. The van der Waals surface area contributed by atoms with Gasteiger partial charge in [-0.25, -0.2) is 0 Å². The van der Waals surface area contributed by atoms with Gasteiger partial charge in [0.05, 0.1) is 11.7 Å². The highest BCUT2D eigenvalue weighted by molar-refractivity contribution is 5.43. The van der Waals surface area contributed by atoms with Gasteiger partial charge >= 0.3 is 0 Å². The molecule has 4 aliphatic carbocycles.